The Morgan fingerprint density at radius 1 is 0.410 bits per heavy atom. The fourth-order valence-electron chi connectivity index (χ4n) is 11.2. The van der Waals surface area contributed by atoms with E-state index in [0.29, 0.717) is 11.4 Å². The van der Waals surface area contributed by atoms with E-state index < -0.39 is 198 Å². The van der Waals surface area contributed by atoms with Crippen molar-refractivity contribution in [3.63, 3.8) is 0 Å². The molecule has 0 aliphatic carbocycles. The number of carbonyl (C=O) groups is 16. The highest BCUT2D eigenvalue weighted by molar-refractivity contribution is 7.80. The van der Waals surface area contributed by atoms with Gasteiger partial charge < -0.3 is 134 Å². The van der Waals surface area contributed by atoms with Gasteiger partial charge >= 0.3 is 5.97 Å². The van der Waals surface area contributed by atoms with Crippen molar-refractivity contribution in [1.82, 2.24) is 99.7 Å². The average molecular weight is 1680 g/mol. The zero-order chi connectivity index (χ0) is 88.5. The van der Waals surface area contributed by atoms with Gasteiger partial charge in [-0.15, -0.1) is 0 Å². The lowest BCUT2D eigenvalue weighted by Crippen LogP contribution is -2.61. The fourth-order valence-corrected chi connectivity index (χ4v) is 11.5. The van der Waals surface area contributed by atoms with E-state index in [-0.39, 0.29) is 125 Å². The second-order valence-electron chi connectivity index (χ2n) is 29.8. The largest absolute Gasteiger partial charge is 0.480 e. The Morgan fingerprint density at radius 2 is 0.709 bits per heavy atom. The predicted molar refractivity (Wildman–Crippen MR) is 429 cm³/mol. The average Bonchev–Trinajstić information content (AvgIpc) is 1.52. The van der Waals surface area contributed by atoms with E-state index >= 15 is 0 Å². The number of aliphatic carboxylic acids is 1. The smallest absolute Gasteiger partial charge is 0.328 e. The van der Waals surface area contributed by atoms with Crippen molar-refractivity contribution in [3.05, 3.63) is 36.4 Å². The van der Waals surface area contributed by atoms with Crippen molar-refractivity contribution >= 4 is 119 Å². The Hall–Kier alpha value is -11.3. The monoisotopic (exact) mass is 1670 g/mol. The summed E-state index contributed by atoms with van der Waals surface area (Å²) < 4.78 is 0. The maximum atomic E-state index is 14.9. The van der Waals surface area contributed by atoms with Crippen molar-refractivity contribution < 1.29 is 92.0 Å². The summed E-state index contributed by atoms with van der Waals surface area (Å²) in [5, 5.41) is 67.1. The van der Waals surface area contributed by atoms with E-state index in [9.17, 15) is 92.0 Å². The summed E-state index contributed by atoms with van der Waals surface area (Å²) in [6.45, 7) is 16.9. The molecule has 30 N–H and O–H groups in total. The minimum absolute atomic E-state index is 0.0148. The van der Waals surface area contributed by atoms with Crippen LogP contribution >= 0.6 is 12.6 Å². The van der Waals surface area contributed by atoms with Gasteiger partial charge in [0, 0.05) is 55.5 Å². The quantitative estimate of drug-likeness (QED) is 0.0127. The molecule has 46 heteroatoms. The first-order valence-corrected chi connectivity index (χ1v) is 38.9. The summed E-state index contributed by atoms with van der Waals surface area (Å²) in [7, 11) is 0. The first-order valence-electron chi connectivity index (χ1n) is 38.3. The van der Waals surface area contributed by atoms with Crippen LogP contribution in [0.15, 0.2) is 35.0 Å². The van der Waals surface area contributed by atoms with Gasteiger partial charge in [0.1, 0.15) is 78.5 Å². The summed E-state index contributed by atoms with van der Waals surface area (Å²) in [4.78, 5) is 241. The Balaban J connectivity index is 2.51. The SMILES string of the molecule is CC(C)C[C@H](NC(=O)CNC(=O)CN)C(=O)N[C@@H](CS)C(=O)N[C@@H](CO)C(=O)N[C@@H](C)C(=O)N[C@@H](CCCN=C(N)N)C(=O)N[C@@H](CC(C)C)C(=O)N[C@@H](Cc1cnc[nH]1)C(=O)N[C@@H](CCCN=C(N)N)C(=O)N[C@@H](Cc1cnc[nH]1)C(=O)N[C@@H](C)C(=O)N[C@@H](CC(C)C)C(=O)N[C@@H](CC(C)C)C(=O)N[C@@H](C)C(=O)N[C@H](C(=O)O)[C@@H](C)O. The van der Waals surface area contributed by atoms with E-state index in [1.807, 2.05) is 0 Å². The number of carboxylic acid groups (broad SMARTS) is 1. The summed E-state index contributed by atoms with van der Waals surface area (Å²) >= 11 is 4.17. The molecule has 2 heterocycles. The molecule has 117 heavy (non-hydrogen) atoms. The molecule has 0 spiro atoms. The number of hydrogen-bond donors (Lipinski definition) is 26. The molecule has 45 nitrogen and oxygen atoms in total. The molecule has 2 rings (SSSR count). The summed E-state index contributed by atoms with van der Waals surface area (Å²) in [5.41, 5.74) is 28.2. The molecule has 15 atom stereocenters. The number of carboxylic acids is 1. The fraction of sp³-hybridized carbons (Fsp3) is 0.662. The van der Waals surface area contributed by atoms with Crippen molar-refractivity contribution in [2.45, 2.75) is 238 Å². The van der Waals surface area contributed by atoms with Crippen molar-refractivity contribution in [2.24, 2.45) is 62.3 Å². The molecule has 2 aromatic rings. The number of hydrogen-bond acceptors (Lipinski definition) is 24. The Morgan fingerprint density at radius 3 is 1.05 bits per heavy atom. The van der Waals surface area contributed by atoms with Crippen LogP contribution in [0.4, 0.5) is 0 Å². The van der Waals surface area contributed by atoms with Gasteiger partial charge in [0.25, 0.3) is 0 Å². The van der Waals surface area contributed by atoms with Crippen LogP contribution in [0.25, 0.3) is 0 Å². The molecular formula is C71H122N26O19S. The van der Waals surface area contributed by atoms with Crippen LogP contribution in [-0.2, 0) is 89.6 Å². The molecule has 0 saturated carbocycles. The molecule has 0 saturated heterocycles. The van der Waals surface area contributed by atoms with Gasteiger partial charge in [-0.3, -0.25) is 81.9 Å². The Labute approximate surface area is 683 Å². The number of carbonyl (C=O) groups excluding carboxylic acids is 15. The molecule has 0 unspecified atom stereocenters. The van der Waals surface area contributed by atoms with Gasteiger partial charge in [-0.25, -0.2) is 14.8 Å². The molecule has 2 aromatic heterocycles. The highest BCUT2D eigenvalue weighted by Gasteiger charge is 2.38. The molecule has 656 valence electrons. The number of aliphatic hydroxyl groups is 2. The normalized spacial score (nSPS) is 15.0. The van der Waals surface area contributed by atoms with Gasteiger partial charge in [0.2, 0.25) is 88.6 Å². The van der Waals surface area contributed by atoms with Crippen LogP contribution in [-0.4, -0.2) is 271 Å². The zero-order valence-corrected chi connectivity index (χ0v) is 69.0. The number of guanidine groups is 2. The van der Waals surface area contributed by atoms with Gasteiger partial charge in [-0.05, 0) is 103 Å². The molecule has 15 amide bonds. The topological polar surface area (TPSA) is 726 Å². The van der Waals surface area contributed by atoms with Crippen molar-refractivity contribution in [1.29, 1.82) is 0 Å². The number of aromatic nitrogens is 4. The Kier molecular flexibility index (Phi) is 45.5. The van der Waals surface area contributed by atoms with Gasteiger partial charge in [0.15, 0.2) is 18.0 Å². The minimum Gasteiger partial charge on any atom is -0.480 e. The first kappa shape index (κ1) is 102. The lowest BCUT2D eigenvalue weighted by atomic mass is 9.99. The molecule has 0 aromatic carbocycles. The number of aliphatic hydroxyl groups excluding tert-OH is 2. The molecular weight excluding hydrogens is 1550 g/mol. The third-order valence-corrected chi connectivity index (χ3v) is 17.7. The molecule has 0 fully saturated rings. The van der Waals surface area contributed by atoms with E-state index in [2.05, 4.69) is 122 Å². The van der Waals surface area contributed by atoms with Crippen LogP contribution in [0.3, 0.4) is 0 Å². The molecule has 0 aliphatic rings. The number of imidazole rings is 2. The number of nitrogens with one attached hydrogen (secondary N) is 17. The second kappa shape index (κ2) is 52.3. The molecule has 0 radical (unpaired) electrons. The van der Waals surface area contributed by atoms with Crippen LogP contribution in [0, 0.1) is 23.7 Å². The zero-order valence-electron chi connectivity index (χ0n) is 68.1. The van der Waals surface area contributed by atoms with Crippen LogP contribution in [0.5, 0.6) is 0 Å². The number of aliphatic imine (C=N–C) groups is 2. The minimum atomic E-state index is -1.74. The standard InChI is InChI=1S/C71H122N26O19S/c1-33(2)19-45(87-54(101)28-81-53(100)25-72)63(109)96-52(30-117)68(114)95-51(29-98)67(113)86-37(9)56(102)88-43(15-13-17-79-70(73)74)59(105)91-48(22-36(7)8)65(111)94-50(24-42-27-78-32-83-42)66(112)89-44(16-14-18-80-71(75)76)60(106)93-49(23-41-26-77-31-82-41)62(108)84-38(10)57(103)90-47(21-35(5)6)64(110)92-46(20-34(3)4)61(107)85-39(11)58(104)97-55(40(12)99)69(115)116/h26-27,31-40,43-52,55,98-99,117H,13-25,28-30,72H2,1-12H3,(H,77,82)(H,78,83)(H,81,100)(H,84,108)(H,85,107)(H,86,113)(H,87,101)(H,88,102)(H,89,112)(H,90,103)(H,91,105)(H,92,110)(H,93,106)(H,94,111)(H,95,114)(H,96,109)(H,97,104)(H,115,116)(H4,73,74,79)(H4,75,76,80)/t37-,38-,39-,40+,43-,44-,45-,46-,47-,48-,49-,50-,51-,52-,55-/m0/s1. The number of H-pyrrole nitrogens is 2. The van der Waals surface area contributed by atoms with E-state index in [1.165, 1.54) is 45.8 Å². The number of nitrogens with zero attached hydrogens (tertiary/aromatic N) is 4. The Bertz CT molecular complexity index is 3670. The lowest BCUT2D eigenvalue weighted by molar-refractivity contribution is -0.145. The third-order valence-electron chi connectivity index (χ3n) is 17.3. The first-order chi connectivity index (χ1) is 54.9. The van der Waals surface area contributed by atoms with Gasteiger partial charge in [-0.1, -0.05) is 55.4 Å². The maximum Gasteiger partial charge on any atom is 0.328 e. The molecule has 0 bridgehead atoms. The summed E-state index contributed by atoms with van der Waals surface area (Å²) in [6, 6.07) is -20.6. The molecule has 0 aliphatic heterocycles. The highest BCUT2D eigenvalue weighted by atomic mass is 32.1. The summed E-state index contributed by atoms with van der Waals surface area (Å²) in [5.74, 6) is -17.0. The summed E-state index contributed by atoms with van der Waals surface area (Å²) in [6.07, 6.45) is 2.94. The second-order valence-corrected chi connectivity index (χ2v) is 30.1. The van der Waals surface area contributed by atoms with E-state index in [4.69, 9.17) is 28.7 Å². The van der Waals surface area contributed by atoms with Crippen LogP contribution in [0.2, 0.25) is 0 Å². The number of thiol groups is 1. The van der Waals surface area contributed by atoms with Crippen LogP contribution < -0.4 is 108 Å². The number of rotatable bonds is 54. The maximum absolute atomic E-state index is 14.9. The lowest BCUT2D eigenvalue weighted by Gasteiger charge is -2.28. The predicted octanol–water partition coefficient (Wildman–Crippen LogP) is -8.48. The van der Waals surface area contributed by atoms with Gasteiger partial charge in [0.05, 0.1) is 38.5 Å². The van der Waals surface area contributed by atoms with E-state index in [1.54, 1.807) is 55.4 Å². The number of aromatic amines is 2. The number of amides is 15. The highest BCUT2D eigenvalue weighted by Crippen LogP contribution is 2.15. The number of nitrogens with two attached hydrogens (primary N) is 5. The van der Waals surface area contributed by atoms with Crippen LogP contribution in [0.1, 0.15) is 146 Å². The van der Waals surface area contributed by atoms with Crippen molar-refractivity contribution in [3.8, 4) is 0 Å². The van der Waals surface area contributed by atoms with E-state index in [0.717, 1.165) is 6.92 Å². The van der Waals surface area contributed by atoms with Crippen molar-refractivity contribution in [2.75, 3.05) is 38.5 Å². The van der Waals surface area contributed by atoms with Gasteiger partial charge in [-0.2, -0.15) is 12.6 Å². The third kappa shape index (κ3) is 39.3.